The van der Waals surface area contributed by atoms with Crippen molar-refractivity contribution >= 4 is 0 Å². The molecule has 3 nitrogen and oxygen atoms in total. The highest BCUT2D eigenvalue weighted by Gasteiger charge is 2.41. The largest absolute Gasteiger partial charge is 0.381 e. The highest BCUT2D eigenvalue weighted by Crippen LogP contribution is 2.43. The molecule has 1 saturated carbocycles. The van der Waals surface area contributed by atoms with Gasteiger partial charge >= 0.3 is 0 Å². The van der Waals surface area contributed by atoms with E-state index in [1.807, 2.05) is 0 Å². The van der Waals surface area contributed by atoms with Gasteiger partial charge in [-0.15, -0.1) is 0 Å². The number of nitrogens with one attached hydrogen (secondary N) is 1. The van der Waals surface area contributed by atoms with Gasteiger partial charge in [-0.3, -0.25) is 0 Å². The summed E-state index contributed by atoms with van der Waals surface area (Å²) >= 11 is 0. The Morgan fingerprint density at radius 1 is 1.11 bits per heavy atom. The molecule has 0 aromatic heterocycles. The van der Waals surface area contributed by atoms with Crippen molar-refractivity contribution in [3.8, 4) is 0 Å². The van der Waals surface area contributed by atoms with Crippen LogP contribution in [0.15, 0.2) is 0 Å². The Kier molecular flexibility index (Phi) is 4.22. The van der Waals surface area contributed by atoms with Crippen LogP contribution in [0.25, 0.3) is 0 Å². The minimum absolute atomic E-state index is 0.297. The maximum absolute atomic E-state index is 6.29. The van der Waals surface area contributed by atoms with Crippen molar-refractivity contribution in [1.82, 2.24) is 5.32 Å². The first-order valence-electron chi connectivity index (χ1n) is 7.83. The molecule has 0 bridgehead atoms. The van der Waals surface area contributed by atoms with Gasteiger partial charge < -0.3 is 14.8 Å². The van der Waals surface area contributed by atoms with Crippen molar-refractivity contribution in [2.75, 3.05) is 26.3 Å². The second-order valence-corrected chi connectivity index (χ2v) is 6.39. The molecule has 2 unspecified atom stereocenters. The standard InChI is InChI=1S/C15H27NO2/c1-2-7-15(6-1)8-3-14(18-15)11-16-9-4-13-5-10-17-12-13/h13-14,16H,1-12H2. The van der Waals surface area contributed by atoms with Gasteiger partial charge in [0, 0.05) is 19.8 Å². The van der Waals surface area contributed by atoms with E-state index in [1.165, 1.54) is 51.4 Å². The van der Waals surface area contributed by atoms with Gasteiger partial charge in [0.15, 0.2) is 0 Å². The van der Waals surface area contributed by atoms with Crippen LogP contribution in [0.2, 0.25) is 0 Å². The average molecular weight is 253 g/mol. The minimum Gasteiger partial charge on any atom is -0.381 e. The molecule has 1 spiro atoms. The Morgan fingerprint density at radius 2 is 2.00 bits per heavy atom. The number of rotatable bonds is 5. The first-order valence-corrected chi connectivity index (χ1v) is 7.83. The summed E-state index contributed by atoms with van der Waals surface area (Å²) in [5, 5.41) is 3.58. The van der Waals surface area contributed by atoms with E-state index in [0.717, 1.165) is 32.2 Å². The molecule has 0 aromatic carbocycles. The Morgan fingerprint density at radius 3 is 2.78 bits per heavy atom. The van der Waals surface area contributed by atoms with E-state index in [9.17, 15) is 0 Å². The van der Waals surface area contributed by atoms with Crippen LogP contribution in [-0.2, 0) is 9.47 Å². The maximum Gasteiger partial charge on any atom is 0.0708 e. The van der Waals surface area contributed by atoms with Crippen molar-refractivity contribution in [1.29, 1.82) is 0 Å². The van der Waals surface area contributed by atoms with Crippen LogP contribution < -0.4 is 5.32 Å². The zero-order valence-electron chi connectivity index (χ0n) is 11.5. The van der Waals surface area contributed by atoms with Gasteiger partial charge in [-0.05, 0) is 51.0 Å². The molecule has 104 valence electrons. The molecule has 3 heteroatoms. The smallest absolute Gasteiger partial charge is 0.0708 e. The molecule has 2 atom stereocenters. The van der Waals surface area contributed by atoms with E-state index in [4.69, 9.17) is 9.47 Å². The number of hydrogen-bond acceptors (Lipinski definition) is 3. The molecule has 0 radical (unpaired) electrons. The van der Waals surface area contributed by atoms with Gasteiger partial charge in [-0.1, -0.05) is 12.8 Å². The van der Waals surface area contributed by atoms with E-state index in [0.29, 0.717) is 11.7 Å². The summed E-state index contributed by atoms with van der Waals surface area (Å²) < 4.78 is 11.7. The quantitative estimate of drug-likeness (QED) is 0.764. The predicted octanol–water partition coefficient (Wildman–Crippen LogP) is 2.49. The number of hydrogen-bond donors (Lipinski definition) is 1. The third-order valence-electron chi connectivity index (χ3n) is 4.98. The predicted molar refractivity (Wildman–Crippen MR) is 71.7 cm³/mol. The van der Waals surface area contributed by atoms with E-state index in [2.05, 4.69) is 5.32 Å². The molecular weight excluding hydrogens is 226 g/mol. The van der Waals surface area contributed by atoms with Crippen LogP contribution in [0.4, 0.5) is 0 Å². The number of ether oxygens (including phenoxy) is 2. The SMILES string of the molecule is C1CCC2(C1)CCC(CNCCC1CCOC1)O2. The topological polar surface area (TPSA) is 30.5 Å². The van der Waals surface area contributed by atoms with Gasteiger partial charge in [0.05, 0.1) is 11.7 Å². The van der Waals surface area contributed by atoms with E-state index in [-0.39, 0.29) is 0 Å². The Balaban J connectivity index is 1.29. The highest BCUT2D eigenvalue weighted by molar-refractivity contribution is 4.93. The van der Waals surface area contributed by atoms with Crippen molar-refractivity contribution in [2.24, 2.45) is 5.92 Å². The van der Waals surface area contributed by atoms with Gasteiger partial charge in [-0.25, -0.2) is 0 Å². The fraction of sp³-hybridized carbons (Fsp3) is 1.00. The van der Waals surface area contributed by atoms with Gasteiger partial charge in [0.2, 0.25) is 0 Å². The lowest BCUT2D eigenvalue weighted by Gasteiger charge is -2.24. The lowest BCUT2D eigenvalue weighted by Crippen LogP contribution is -2.32. The van der Waals surface area contributed by atoms with Crippen LogP contribution >= 0.6 is 0 Å². The van der Waals surface area contributed by atoms with Gasteiger partial charge in [0.1, 0.15) is 0 Å². The molecule has 2 saturated heterocycles. The highest BCUT2D eigenvalue weighted by atomic mass is 16.5. The first-order chi connectivity index (χ1) is 8.86. The summed E-state index contributed by atoms with van der Waals surface area (Å²) in [7, 11) is 0. The second kappa shape index (κ2) is 5.89. The zero-order chi connectivity index (χ0) is 12.3. The Labute approximate surface area is 111 Å². The molecule has 18 heavy (non-hydrogen) atoms. The minimum atomic E-state index is 0.297. The van der Waals surface area contributed by atoms with E-state index >= 15 is 0 Å². The van der Waals surface area contributed by atoms with Crippen molar-refractivity contribution < 1.29 is 9.47 Å². The molecule has 3 rings (SSSR count). The molecule has 0 aromatic rings. The lowest BCUT2D eigenvalue weighted by molar-refractivity contribution is -0.0351. The Hall–Kier alpha value is -0.120. The monoisotopic (exact) mass is 253 g/mol. The maximum atomic E-state index is 6.29. The van der Waals surface area contributed by atoms with Crippen LogP contribution in [0.1, 0.15) is 51.4 Å². The summed E-state index contributed by atoms with van der Waals surface area (Å²) in [6, 6.07) is 0. The fourth-order valence-electron chi connectivity index (χ4n) is 3.81. The van der Waals surface area contributed by atoms with E-state index < -0.39 is 0 Å². The first kappa shape index (κ1) is 12.9. The summed E-state index contributed by atoms with van der Waals surface area (Å²) in [4.78, 5) is 0. The normalized spacial score (nSPS) is 34.7. The van der Waals surface area contributed by atoms with Crippen LogP contribution in [0.5, 0.6) is 0 Å². The third kappa shape index (κ3) is 3.06. The summed E-state index contributed by atoms with van der Waals surface area (Å²) in [5.41, 5.74) is 0.297. The van der Waals surface area contributed by atoms with Crippen molar-refractivity contribution in [2.45, 2.75) is 63.1 Å². The Bertz CT molecular complexity index is 257. The van der Waals surface area contributed by atoms with Crippen LogP contribution in [-0.4, -0.2) is 38.0 Å². The molecule has 1 N–H and O–H groups in total. The second-order valence-electron chi connectivity index (χ2n) is 6.39. The fourth-order valence-corrected chi connectivity index (χ4v) is 3.81. The molecule has 3 aliphatic rings. The molecule has 2 aliphatic heterocycles. The average Bonchev–Trinajstić information content (AvgIpc) is 3.10. The zero-order valence-corrected chi connectivity index (χ0v) is 11.5. The summed E-state index contributed by atoms with van der Waals surface area (Å²) in [5.74, 6) is 0.795. The molecule has 3 fully saturated rings. The lowest BCUT2D eigenvalue weighted by atomic mass is 9.98. The van der Waals surface area contributed by atoms with Crippen molar-refractivity contribution in [3.63, 3.8) is 0 Å². The van der Waals surface area contributed by atoms with Gasteiger partial charge in [0.25, 0.3) is 0 Å². The van der Waals surface area contributed by atoms with E-state index in [1.54, 1.807) is 0 Å². The van der Waals surface area contributed by atoms with Crippen molar-refractivity contribution in [3.05, 3.63) is 0 Å². The third-order valence-corrected chi connectivity index (χ3v) is 4.98. The molecule has 2 heterocycles. The van der Waals surface area contributed by atoms with Crippen LogP contribution in [0, 0.1) is 5.92 Å². The summed E-state index contributed by atoms with van der Waals surface area (Å²) in [6.07, 6.45) is 10.9. The molecule has 0 amide bonds. The molecular formula is C15H27NO2. The van der Waals surface area contributed by atoms with Crippen LogP contribution in [0.3, 0.4) is 0 Å². The summed E-state index contributed by atoms with van der Waals surface area (Å²) in [6.45, 7) is 4.12. The molecule has 1 aliphatic carbocycles. The van der Waals surface area contributed by atoms with Gasteiger partial charge in [-0.2, -0.15) is 0 Å².